The van der Waals surface area contributed by atoms with Gasteiger partial charge in [-0.3, -0.25) is 0 Å². The van der Waals surface area contributed by atoms with Crippen LogP contribution in [0.4, 0.5) is 4.39 Å². The number of benzene rings is 1. The SMILES string of the molecule is CCCNC(CC)Cc1nc(-c2ccccc2F)no1. The molecule has 5 heteroatoms. The molecule has 1 atom stereocenters. The lowest BCUT2D eigenvalue weighted by Crippen LogP contribution is -2.31. The van der Waals surface area contributed by atoms with E-state index in [1.807, 2.05) is 0 Å². The Bertz CT molecular complexity index is 541. The van der Waals surface area contributed by atoms with E-state index in [1.54, 1.807) is 18.2 Å². The maximum atomic E-state index is 13.6. The van der Waals surface area contributed by atoms with E-state index in [1.165, 1.54) is 6.07 Å². The summed E-state index contributed by atoms with van der Waals surface area (Å²) in [6.07, 6.45) is 2.73. The van der Waals surface area contributed by atoms with Crippen LogP contribution in [-0.4, -0.2) is 22.7 Å². The number of nitrogens with zero attached hydrogens (tertiary/aromatic N) is 2. The van der Waals surface area contributed by atoms with E-state index in [9.17, 15) is 4.39 Å². The van der Waals surface area contributed by atoms with E-state index in [0.717, 1.165) is 19.4 Å². The molecule has 0 amide bonds. The van der Waals surface area contributed by atoms with Gasteiger partial charge in [0.15, 0.2) is 0 Å². The third kappa shape index (κ3) is 3.63. The first-order valence-electron chi connectivity index (χ1n) is 7.05. The molecule has 2 rings (SSSR count). The van der Waals surface area contributed by atoms with Gasteiger partial charge in [-0.1, -0.05) is 31.1 Å². The molecule has 20 heavy (non-hydrogen) atoms. The number of aromatic nitrogens is 2. The van der Waals surface area contributed by atoms with Crippen molar-refractivity contribution in [3.63, 3.8) is 0 Å². The highest BCUT2D eigenvalue weighted by molar-refractivity contribution is 5.54. The highest BCUT2D eigenvalue weighted by Gasteiger charge is 2.15. The van der Waals surface area contributed by atoms with Crippen molar-refractivity contribution in [2.75, 3.05) is 6.54 Å². The zero-order valence-electron chi connectivity index (χ0n) is 11.9. The van der Waals surface area contributed by atoms with Crippen molar-refractivity contribution in [3.8, 4) is 11.4 Å². The van der Waals surface area contributed by atoms with Crippen LogP contribution >= 0.6 is 0 Å². The van der Waals surface area contributed by atoms with E-state index in [0.29, 0.717) is 29.7 Å². The molecule has 0 saturated carbocycles. The van der Waals surface area contributed by atoms with E-state index < -0.39 is 0 Å². The van der Waals surface area contributed by atoms with Gasteiger partial charge in [-0.25, -0.2) is 4.39 Å². The zero-order chi connectivity index (χ0) is 14.4. The van der Waals surface area contributed by atoms with Crippen molar-refractivity contribution in [2.24, 2.45) is 0 Å². The smallest absolute Gasteiger partial charge is 0.228 e. The molecule has 108 valence electrons. The molecule has 1 heterocycles. The monoisotopic (exact) mass is 277 g/mol. The van der Waals surface area contributed by atoms with Gasteiger partial charge in [-0.05, 0) is 31.5 Å². The normalized spacial score (nSPS) is 12.6. The first-order valence-corrected chi connectivity index (χ1v) is 7.05. The van der Waals surface area contributed by atoms with Gasteiger partial charge < -0.3 is 9.84 Å². The second kappa shape index (κ2) is 7.14. The number of nitrogens with one attached hydrogen (secondary N) is 1. The Hall–Kier alpha value is -1.75. The molecule has 0 aliphatic rings. The number of hydrogen-bond acceptors (Lipinski definition) is 4. The second-order valence-electron chi connectivity index (χ2n) is 4.75. The summed E-state index contributed by atoms with van der Waals surface area (Å²) in [4.78, 5) is 4.28. The van der Waals surface area contributed by atoms with Crippen molar-refractivity contribution >= 4 is 0 Å². The van der Waals surface area contributed by atoms with E-state index in [4.69, 9.17) is 4.52 Å². The van der Waals surface area contributed by atoms with Crippen LogP contribution in [0.25, 0.3) is 11.4 Å². The van der Waals surface area contributed by atoms with Crippen LogP contribution in [0.3, 0.4) is 0 Å². The Morgan fingerprint density at radius 2 is 2.10 bits per heavy atom. The minimum absolute atomic E-state index is 0.309. The largest absolute Gasteiger partial charge is 0.339 e. The molecule has 0 radical (unpaired) electrons. The predicted molar refractivity (Wildman–Crippen MR) is 75.8 cm³/mol. The van der Waals surface area contributed by atoms with Gasteiger partial charge in [0.25, 0.3) is 0 Å². The van der Waals surface area contributed by atoms with Crippen molar-refractivity contribution in [2.45, 2.75) is 39.2 Å². The Morgan fingerprint density at radius 1 is 1.30 bits per heavy atom. The van der Waals surface area contributed by atoms with Crippen LogP contribution in [0.2, 0.25) is 0 Å². The number of halogens is 1. The molecule has 1 unspecified atom stereocenters. The Morgan fingerprint density at radius 3 is 2.80 bits per heavy atom. The standard InChI is InChI=1S/C15H20FN3O/c1-3-9-17-11(4-2)10-14-18-15(19-20-14)12-7-5-6-8-13(12)16/h5-8,11,17H,3-4,9-10H2,1-2H3. The third-order valence-corrected chi connectivity index (χ3v) is 3.18. The fraction of sp³-hybridized carbons (Fsp3) is 0.467. The lowest BCUT2D eigenvalue weighted by atomic mass is 10.1. The van der Waals surface area contributed by atoms with Gasteiger partial charge in [0, 0.05) is 12.5 Å². The molecule has 2 aromatic rings. The summed E-state index contributed by atoms with van der Waals surface area (Å²) in [5.74, 6) is 0.512. The topological polar surface area (TPSA) is 51.0 Å². The molecule has 1 N–H and O–H groups in total. The highest BCUT2D eigenvalue weighted by atomic mass is 19.1. The van der Waals surface area contributed by atoms with Crippen LogP contribution in [0, 0.1) is 5.82 Å². The lowest BCUT2D eigenvalue weighted by molar-refractivity contribution is 0.354. The Balaban J connectivity index is 2.07. The molecule has 0 bridgehead atoms. The van der Waals surface area contributed by atoms with Crippen LogP contribution < -0.4 is 5.32 Å². The summed E-state index contributed by atoms with van der Waals surface area (Å²) in [6.45, 7) is 5.21. The molecule has 0 spiro atoms. The van der Waals surface area contributed by atoms with Gasteiger partial charge in [0.1, 0.15) is 5.82 Å². The van der Waals surface area contributed by atoms with E-state index >= 15 is 0 Å². The van der Waals surface area contributed by atoms with Crippen LogP contribution in [0.5, 0.6) is 0 Å². The van der Waals surface area contributed by atoms with Gasteiger partial charge in [-0.2, -0.15) is 4.98 Å². The molecule has 4 nitrogen and oxygen atoms in total. The second-order valence-corrected chi connectivity index (χ2v) is 4.75. The maximum absolute atomic E-state index is 13.6. The van der Waals surface area contributed by atoms with E-state index in [-0.39, 0.29) is 5.82 Å². The van der Waals surface area contributed by atoms with Gasteiger partial charge in [0.05, 0.1) is 5.56 Å². The molecular formula is C15H20FN3O. The van der Waals surface area contributed by atoms with Gasteiger partial charge in [-0.15, -0.1) is 0 Å². The Kier molecular flexibility index (Phi) is 5.24. The predicted octanol–water partition coefficient (Wildman–Crippen LogP) is 3.20. The average Bonchev–Trinajstić information content (AvgIpc) is 2.92. The van der Waals surface area contributed by atoms with Crippen molar-refractivity contribution < 1.29 is 8.91 Å². The van der Waals surface area contributed by atoms with Crippen molar-refractivity contribution in [1.29, 1.82) is 0 Å². The van der Waals surface area contributed by atoms with Crippen LogP contribution in [-0.2, 0) is 6.42 Å². The quantitative estimate of drug-likeness (QED) is 0.844. The number of rotatable bonds is 7. The van der Waals surface area contributed by atoms with E-state index in [2.05, 4.69) is 29.3 Å². The molecule has 1 aromatic carbocycles. The molecule has 1 aromatic heterocycles. The van der Waals surface area contributed by atoms with Crippen molar-refractivity contribution in [1.82, 2.24) is 15.5 Å². The van der Waals surface area contributed by atoms with Gasteiger partial charge in [0.2, 0.25) is 11.7 Å². The highest BCUT2D eigenvalue weighted by Crippen LogP contribution is 2.19. The summed E-state index contributed by atoms with van der Waals surface area (Å²) >= 11 is 0. The summed E-state index contributed by atoms with van der Waals surface area (Å²) in [7, 11) is 0. The first kappa shape index (κ1) is 14.7. The molecule has 0 aliphatic carbocycles. The molecular weight excluding hydrogens is 257 g/mol. The zero-order valence-corrected chi connectivity index (χ0v) is 11.9. The molecule has 0 saturated heterocycles. The number of hydrogen-bond donors (Lipinski definition) is 1. The lowest BCUT2D eigenvalue weighted by Gasteiger charge is -2.13. The summed E-state index contributed by atoms with van der Waals surface area (Å²) in [6, 6.07) is 6.75. The fourth-order valence-electron chi connectivity index (χ4n) is 2.01. The Labute approximate surface area is 118 Å². The third-order valence-electron chi connectivity index (χ3n) is 3.18. The first-order chi connectivity index (χ1) is 9.74. The molecule has 0 fully saturated rings. The maximum Gasteiger partial charge on any atom is 0.228 e. The molecule has 0 aliphatic heterocycles. The van der Waals surface area contributed by atoms with Crippen molar-refractivity contribution in [3.05, 3.63) is 36.0 Å². The van der Waals surface area contributed by atoms with Crippen LogP contribution in [0.15, 0.2) is 28.8 Å². The van der Waals surface area contributed by atoms with Crippen LogP contribution in [0.1, 0.15) is 32.6 Å². The average molecular weight is 277 g/mol. The summed E-state index contributed by atoms with van der Waals surface area (Å²) < 4.78 is 18.9. The summed E-state index contributed by atoms with van der Waals surface area (Å²) in [5.41, 5.74) is 0.372. The fourth-order valence-corrected chi connectivity index (χ4v) is 2.01. The van der Waals surface area contributed by atoms with Gasteiger partial charge >= 0.3 is 0 Å². The minimum Gasteiger partial charge on any atom is -0.339 e. The minimum atomic E-state index is -0.337. The summed E-state index contributed by atoms with van der Waals surface area (Å²) in [5, 5.41) is 7.29.